The first-order valence-electron chi connectivity index (χ1n) is 6.36. The van der Waals surface area contributed by atoms with Crippen molar-refractivity contribution in [2.75, 3.05) is 0 Å². The molecule has 0 aliphatic rings. The first-order valence-corrected chi connectivity index (χ1v) is 6.36. The Balaban J connectivity index is 1.98. The van der Waals surface area contributed by atoms with Crippen LogP contribution in [-0.4, -0.2) is 29.9 Å². The molecule has 3 aromatic rings. The van der Waals surface area contributed by atoms with Gasteiger partial charge in [0, 0.05) is 18.0 Å². The predicted molar refractivity (Wildman–Crippen MR) is 72.5 cm³/mol. The van der Waals surface area contributed by atoms with Crippen LogP contribution in [0.1, 0.15) is 18.5 Å². The first-order chi connectivity index (χ1) is 9.79. The van der Waals surface area contributed by atoms with Crippen LogP contribution in [0.15, 0.2) is 18.6 Å². The van der Waals surface area contributed by atoms with Gasteiger partial charge in [-0.2, -0.15) is 20.3 Å². The average molecular weight is 267 g/mol. The summed E-state index contributed by atoms with van der Waals surface area (Å²) in [7, 11) is 0. The van der Waals surface area contributed by atoms with Crippen LogP contribution < -0.4 is 0 Å². The molecule has 3 heterocycles. The van der Waals surface area contributed by atoms with E-state index >= 15 is 0 Å². The maximum Gasteiger partial charge on any atom is 0.141 e. The molecule has 0 aliphatic heterocycles. The molecule has 0 bridgehead atoms. The van der Waals surface area contributed by atoms with E-state index in [9.17, 15) is 0 Å². The van der Waals surface area contributed by atoms with Crippen LogP contribution in [0.5, 0.6) is 0 Å². The standard InChI is InChI=1S/C13H13N7/c1-9-11(19-20(18-9)7-3-2-5-14)12-10-4-6-15-13(10)17-8-16-12/h4,6,8H,2-3,7H2,1H3,(H,15,16,17). The number of hydrogen-bond donors (Lipinski definition) is 1. The Bertz CT molecular complexity index is 777. The Labute approximate surface area is 115 Å². The summed E-state index contributed by atoms with van der Waals surface area (Å²) in [6.45, 7) is 2.54. The Morgan fingerprint density at radius 2 is 2.20 bits per heavy atom. The van der Waals surface area contributed by atoms with Crippen molar-refractivity contribution in [3.8, 4) is 17.5 Å². The molecular weight excluding hydrogens is 254 g/mol. The van der Waals surface area contributed by atoms with Crippen LogP contribution in [0, 0.1) is 18.3 Å². The summed E-state index contributed by atoms with van der Waals surface area (Å²) in [6.07, 6.45) is 4.59. The fourth-order valence-electron chi connectivity index (χ4n) is 2.11. The topological polar surface area (TPSA) is 96.1 Å². The lowest BCUT2D eigenvalue weighted by Gasteiger charge is -1.98. The third-order valence-corrected chi connectivity index (χ3v) is 3.05. The normalized spacial score (nSPS) is 10.8. The van der Waals surface area contributed by atoms with Crippen molar-refractivity contribution in [1.82, 2.24) is 29.9 Å². The number of aromatic nitrogens is 6. The largest absolute Gasteiger partial charge is 0.346 e. The van der Waals surface area contributed by atoms with Crippen molar-refractivity contribution < 1.29 is 0 Å². The van der Waals surface area contributed by atoms with Crippen molar-refractivity contribution >= 4 is 11.0 Å². The van der Waals surface area contributed by atoms with Crippen molar-refractivity contribution in [2.45, 2.75) is 26.3 Å². The van der Waals surface area contributed by atoms with Gasteiger partial charge in [0.2, 0.25) is 0 Å². The molecule has 0 radical (unpaired) electrons. The second-order valence-electron chi connectivity index (χ2n) is 4.45. The van der Waals surface area contributed by atoms with E-state index in [0.717, 1.165) is 34.5 Å². The minimum atomic E-state index is 0.505. The molecule has 0 unspecified atom stereocenters. The molecule has 0 saturated carbocycles. The number of fused-ring (bicyclic) bond motifs is 1. The number of aryl methyl sites for hydroxylation is 2. The van der Waals surface area contributed by atoms with Crippen LogP contribution >= 0.6 is 0 Å². The summed E-state index contributed by atoms with van der Waals surface area (Å²) in [5.74, 6) is 0. The third-order valence-electron chi connectivity index (χ3n) is 3.05. The number of aromatic amines is 1. The zero-order valence-electron chi connectivity index (χ0n) is 11.0. The van der Waals surface area contributed by atoms with E-state index in [0.29, 0.717) is 13.0 Å². The number of nitrogens with one attached hydrogen (secondary N) is 1. The van der Waals surface area contributed by atoms with Crippen molar-refractivity contribution in [3.63, 3.8) is 0 Å². The van der Waals surface area contributed by atoms with Gasteiger partial charge >= 0.3 is 0 Å². The number of H-pyrrole nitrogens is 1. The van der Waals surface area contributed by atoms with Gasteiger partial charge in [-0.1, -0.05) is 0 Å². The highest BCUT2D eigenvalue weighted by Gasteiger charge is 2.14. The second-order valence-corrected chi connectivity index (χ2v) is 4.45. The molecule has 3 aromatic heterocycles. The Hall–Kier alpha value is -2.75. The second kappa shape index (κ2) is 5.09. The Morgan fingerprint density at radius 1 is 1.30 bits per heavy atom. The number of nitriles is 1. The lowest BCUT2D eigenvalue weighted by molar-refractivity contribution is 0.515. The lowest BCUT2D eigenvalue weighted by Crippen LogP contribution is -2.02. The van der Waals surface area contributed by atoms with E-state index < -0.39 is 0 Å². The summed E-state index contributed by atoms with van der Waals surface area (Å²) in [5, 5.41) is 18.3. The summed E-state index contributed by atoms with van der Waals surface area (Å²) in [4.78, 5) is 13.2. The van der Waals surface area contributed by atoms with Crippen LogP contribution in [0.25, 0.3) is 22.4 Å². The van der Waals surface area contributed by atoms with Gasteiger partial charge in [-0.25, -0.2) is 9.97 Å². The van der Waals surface area contributed by atoms with E-state index in [1.165, 1.54) is 6.33 Å². The summed E-state index contributed by atoms with van der Waals surface area (Å²) in [5.41, 5.74) is 3.14. The molecule has 0 fully saturated rings. The van der Waals surface area contributed by atoms with E-state index in [2.05, 4.69) is 31.2 Å². The van der Waals surface area contributed by atoms with Gasteiger partial charge in [0.1, 0.15) is 23.4 Å². The van der Waals surface area contributed by atoms with E-state index in [4.69, 9.17) is 5.26 Å². The molecule has 0 amide bonds. The van der Waals surface area contributed by atoms with Gasteiger partial charge in [0.15, 0.2) is 0 Å². The number of nitrogens with zero attached hydrogens (tertiary/aromatic N) is 6. The maximum atomic E-state index is 8.56. The third kappa shape index (κ3) is 2.12. The van der Waals surface area contributed by atoms with Crippen molar-refractivity contribution in [1.29, 1.82) is 5.26 Å². The van der Waals surface area contributed by atoms with E-state index in [1.54, 1.807) is 4.80 Å². The van der Waals surface area contributed by atoms with Gasteiger partial charge in [-0.05, 0) is 19.4 Å². The minimum Gasteiger partial charge on any atom is -0.346 e. The van der Waals surface area contributed by atoms with Crippen LogP contribution in [0.3, 0.4) is 0 Å². The molecular formula is C13H13N7. The fourth-order valence-corrected chi connectivity index (χ4v) is 2.11. The van der Waals surface area contributed by atoms with Crippen LogP contribution in [-0.2, 0) is 6.54 Å². The molecule has 20 heavy (non-hydrogen) atoms. The lowest BCUT2D eigenvalue weighted by atomic mass is 10.2. The zero-order valence-corrected chi connectivity index (χ0v) is 11.0. The Morgan fingerprint density at radius 3 is 3.05 bits per heavy atom. The van der Waals surface area contributed by atoms with Crippen LogP contribution in [0.4, 0.5) is 0 Å². The summed E-state index contributed by atoms with van der Waals surface area (Å²) in [6, 6.07) is 4.05. The molecule has 3 rings (SSSR count). The molecule has 100 valence electrons. The van der Waals surface area contributed by atoms with Crippen molar-refractivity contribution in [3.05, 3.63) is 24.3 Å². The molecule has 0 aromatic carbocycles. The molecule has 0 atom stereocenters. The SMILES string of the molecule is Cc1nn(CCCC#N)nc1-c1ncnc2[nH]ccc12. The fraction of sp³-hybridized carbons (Fsp3) is 0.308. The molecule has 0 spiro atoms. The average Bonchev–Trinajstić information content (AvgIpc) is 3.05. The Kier molecular flexibility index (Phi) is 3.13. The van der Waals surface area contributed by atoms with E-state index in [1.807, 2.05) is 19.2 Å². The first kappa shape index (κ1) is 12.3. The highest BCUT2D eigenvalue weighted by Crippen LogP contribution is 2.24. The van der Waals surface area contributed by atoms with Crippen LogP contribution in [0.2, 0.25) is 0 Å². The highest BCUT2D eigenvalue weighted by atomic mass is 15.5. The van der Waals surface area contributed by atoms with E-state index in [-0.39, 0.29) is 0 Å². The smallest absolute Gasteiger partial charge is 0.141 e. The molecule has 0 aliphatic carbocycles. The van der Waals surface area contributed by atoms with Gasteiger partial charge in [0.25, 0.3) is 0 Å². The number of rotatable bonds is 4. The van der Waals surface area contributed by atoms with Crippen molar-refractivity contribution in [2.24, 2.45) is 0 Å². The number of hydrogen-bond acceptors (Lipinski definition) is 5. The quantitative estimate of drug-likeness (QED) is 0.727. The molecule has 0 saturated heterocycles. The van der Waals surface area contributed by atoms with Gasteiger partial charge in [-0.3, -0.25) is 0 Å². The predicted octanol–water partition coefficient (Wildman–Crippen LogP) is 1.83. The molecule has 7 nitrogen and oxygen atoms in total. The minimum absolute atomic E-state index is 0.505. The highest BCUT2D eigenvalue weighted by molar-refractivity contribution is 5.89. The summed E-state index contributed by atoms with van der Waals surface area (Å²) < 4.78 is 0. The summed E-state index contributed by atoms with van der Waals surface area (Å²) >= 11 is 0. The number of unbranched alkanes of at least 4 members (excludes halogenated alkanes) is 1. The maximum absolute atomic E-state index is 8.56. The molecule has 1 N–H and O–H groups in total. The van der Waals surface area contributed by atoms with Gasteiger partial charge in [0.05, 0.1) is 18.3 Å². The molecule has 7 heteroatoms. The zero-order chi connectivity index (χ0) is 13.9. The van der Waals surface area contributed by atoms with Gasteiger partial charge < -0.3 is 4.98 Å². The monoisotopic (exact) mass is 267 g/mol. The van der Waals surface area contributed by atoms with Gasteiger partial charge in [-0.15, -0.1) is 0 Å².